The molecule has 0 aliphatic heterocycles. The predicted molar refractivity (Wildman–Crippen MR) is 81.4 cm³/mol. The summed E-state index contributed by atoms with van der Waals surface area (Å²) in [4.78, 5) is 10.6. The van der Waals surface area contributed by atoms with Gasteiger partial charge in [0.1, 0.15) is 0 Å². The monoisotopic (exact) mass is 288 g/mol. The van der Waals surface area contributed by atoms with E-state index < -0.39 is 0 Å². The van der Waals surface area contributed by atoms with Crippen LogP contribution in [-0.4, -0.2) is 9.49 Å². The number of halogens is 1. The first kappa shape index (κ1) is 14.1. The lowest BCUT2D eigenvalue weighted by Gasteiger charge is -2.01. The van der Waals surface area contributed by atoms with Gasteiger partial charge in [-0.3, -0.25) is 10.1 Å². The van der Waals surface area contributed by atoms with Crippen LogP contribution in [0.5, 0.6) is 0 Å². The van der Waals surface area contributed by atoms with Crippen molar-refractivity contribution in [1.29, 1.82) is 0 Å². The Hall–Kier alpha value is -2.33. The van der Waals surface area contributed by atoms with Gasteiger partial charge in [-0.2, -0.15) is 0 Å². The van der Waals surface area contributed by atoms with Crippen LogP contribution in [0.4, 0.5) is 5.69 Å². The molecule has 0 radical (unpaired) electrons. The summed E-state index contributed by atoms with van der Waals surface area (Å²) in [5.41, 5.74) is 1.33. The average Bonchev–Trinajstić information content (AvgIpc) is 2.81. The summed E-state index contributed by atoms with van der Waals surface area (Å²) in [6, 6.07) is 15.2. The van der Waals surface area contributed by atoms with E-state index in [-0.39, 0.29) is 23.0 Å². The Morgan fingerprint density at radius 1 is 1.00 bits per heavy atom. The Morgan fingerprint density at radius 2 is 1.75 bits per heavy atom. The molecule has 1 aromatic heterocycles. The van der Waals surface area contributed by atoms with Crippen LogP contribution >= 0.6 is 12.4 Å². The number of nitro groups is 1. The number of benzene rings is 2. The molecule has 0 saturated heterocycles. The van der Waals surface area contributed by atoms with E-state index in [0.717, 1.165) is 5.39 Å². The van der Waals surface area contributed by atoms with Crippen molar-refractivity contribution in [2.24, 2.45) is 0 Å². The number of hydrogen-bond acceptors (Lipinski definition) is 2. The second kappa shape index (κ2) is 5.75. The molecule has 5 heteroatoms. The van der Waals surface area contributed by atoms with Gasteiger partial charge in [0.05, 0.1) is 10.3 Å². The molecule has 4 nitrogen and oxygen atoms in total. The first-order valence-electron chi connectivity index (χ1n) is 6.01. The third kappa shape index (κ3) is 2.65. The molecule has 0 aliphatic carbocycles. The van der Waals surface area contributed by atoms with Gasteiger partial charge in [0.2, 0.25) is 0 Å². The topological polar surface area (TPSA) is 48.1 Å². The minimum Gasteiger partial charge on any atom is -0.348 e. The summed E-state index contributed by atoms with van der Waals surface area (Å²) >= 11 is 0. The van der Waals surface area contributed by atoms with Crippen molar-refractivity contribution in [2.45, 2.75) is 6.54 Å². The van der Waals surface area contributed by atoms with Gasteiger partial charge in [0.15, 0.2) is 0 Å². The molecule has 0 fully saturated rings. The van der Waals surface area contributed by atoms with E-state index in [2.05, 4.69) is 0 Å². The fraction of sp³-hybridized carbons (Fsp3) is 0.0667. The summed E-state index contributed by atoms with van der Waals surface area (Å²) < 4.78 is 1.98. The van der Waals surface area contributed by atoms with Crippen LogP contribution in [0.15, 0.2) is 60.9 Å². The Balaban J connectivity index is 0.00000147. The first-order chi connectivity index (χ1) is 9.24. The summed E-state index contributed by atoms with van der Waals surface area (Å²) in [5, 5.41) is 12.6. The molecule has 1 heterocycles. The lowest BCUT2D eigenvalue weighted by molar-refractivity contribution is -0.383. The van der Waals surface area contributed by atoms with Crippen LogP contribution in [0.3, 0.4) is 0 Å². The van der Waals surface area contributed by atoms with Gasteiger partial charge >= 0.3 is 0 Å². The van der Waals surface area contributed by atoms with E-state index in [4.69, 9.17) is 0 Å². The largest absolute Gasteiger partial charge is 0.348 e. The molecule has 20 heavy (non-hydrogen) atoms. The smallest absolute Gasteiger partial charge is 0.278 e. The van der Waals surface area contributed by atoms with E-state index in [1.54, 1.807) is 6.07 Å². The molecule has 102 valence electrons. The van der Waals surface area contributed by atoms with E-state index in [1.165, 1.54) is 11.6 Å². The van der Waals surface area contributed by atoms with Crippen molar-refractivity contribution in [2.75, 3.05) is 0 Å². The molecular weight excluding hydrogens is 276 g/mol. The molecule has 0 aliphatic rings. The standard InChI is InChI=1S/C15H12N2O2.ClH/c18-17(19)15-8-4-7-13-10-16(11-14(13)15)9-12-5-2-1-3-6-12;/h1-8,10-11H,9H2;1H. The minimum atomic E-state index is -0.338. The number of non-ortho nitro benzene ring substituents is 1. The zero-order valence-corrected chi connectivity index (χ0v) is 11.4. The summed E-state index contributed by atoms with van der Waals surface area (Å²) in [7, 11) is 0. The third-order valence-electron chi connectivity index (χ3n) is 3.12. The third-order valence-corrected chi connectivity index (χ3v) is 3.12. The molecule has 0 unspecified atom stereocenters. The van der Waals surface area contributed by atoms with Gasteiger partial charge in [0, 0.05) is 30.4 Å². The molecule has 0 atom stereocenters. The van der Waals surface area contributed by atoms with Gasteiger partial charge in [-0.1, -0.05) is 42.5 Å². The number of nitrogens with zero attached hydrogens (tertiary/aromatic N) is 2. The van der Waals surface area contributed by atoms with Gasteiger partial charge in [-0.15, -0.1) is 12.4 Å². The quantitative estimate of drug-likeness (QED) is 0.540. The van der Waals surface area contributed by atoms with Gasteiger partial charge in [0.25, 0.3) is 5.69 Å². The molecule has 0 spiro atoms. The lowest BCUT2D eigenvalue weighted by atomic mass is 10.2. The second-order valence-corrected chi connectivity index (χ2v) is 4.45. The Labute approximate surface area is 122 Å². The van der Waals surface area contributed by atoms with Crippen molar-refractivity contribution < 1.29 is 4.92 Å². The highest BCUT2D eigenvalue weighted by Gasteiger charge is 2.12. The van der Waals surface area contributed by atoms with Crippen LogP contribution < -0.4 is 0 Å². The maximum atomic E-state index is 11.0. The van der Waals surface area contributed by atoms with Gasteiger partial charge in [-0.05, 0) is 5.56 Å². The van der Waals surface area contributed by atoms with Crippen LogP contribution in [-0.2, 0) is 6.54 Å². The normalized spacial score (nSPS) is 10.2. The Bertz CT molecular complexity index is 738. The minimum absolute atomic E-state index is 0. The highest BCUT2D eigenvalue weighted by Crippen LogP contribution is 2.26. The van der Waals surface area contributed by atoms with Crippen LogP contribution in [0.2, 0.25) is 0 Å². The highest BCUT2D eigenvalue weighted by atomic mass is 35.5. The van der Waals surface area contributed by atoms with E-state index >= 15 is 0 Å². The zero-order valence-electron chi connectivity index (χ0n) is 10.6. The molecule has 0 saturated carbocycles. The Kier molecular flexibility index (Phi) is 4.05. The van der Waals surface area contributed by atoms with Gasteiger partial charge in [-0.25, -0.2) is 0 Å². The maximum absolute atomic E-state index is 11.0. The highest BCUT2D eigenvalue weighted by molar-refractivity contribution is 5.90. The summed E-state index contributed by atoms with van der Waals surface area (Å²) in [6.45, 7) is 0.715. The van der Waals surface area contributed by atoms with E-state index in [1.807, 2.05) is 53.4 Å². The predicted octanol–water partition coefficient (Wildman–Crippen LogP) is 4.02. The molecule has 0 bridgehead atoms. The molecule has 3 aromatic rings. The maximum Gasteiger partial charge on any atom is 0.278 e. The SMILES string of the molecule is Cl.O=[N+]([O-])c1cccc2cn(Cc3ccccc3)cc12. The molecule has 3 rings (SSSR count). The molecular formula is C15H13ClN2O2. The summed E-state index contributed by atoms with van der Waals surface area (Å²) in [5.74, 6) is 0. The zero-order chi connectivity index (χ0) is 13.2. The van der Waals surface area contributed by atoms with Crippen molar-refractivity contribution >= 4 is 28.9 Å². The first-order valence-corrected chi connectivity index (χ1v) is 6.01. The van der Waals surface area contributed by atoms with Gasteiger partial charge < -0.3 is 4.57 Å². The number of fused-ring (bicyclic) bond motifs is 1. The van der Waals surface area contributed by atoms with Crippen molar-refractivity contribution in [3.05, 3.63) is 76.6 Å². The molecule has 0 amide bonds. The number of nitro benzene ring substituents is 1. The second-order valence-electron chi connectivity index (χ2n) is 4.45. The van der Waals surface area contributed by atoms with Crippen molar-refractivity contribution in [1.82, 2.24) is 4.57 Å². The number of rotatable bonds is 3. The fourth-order valence-electron chi connectivity index (χ4n) is 2.25. The molecule has 0 N–H and O–H groups in total. The van der Waals surface area contributed by atoms with Crippen LogP contribution in [0.1, 0.15) is 5.56 Å². The summed E-state index contributed by atoms with van der Waals surface area (Å²) in [6.07, 6.45) is 3.77. The van der Waals surface area contributed by atoms with E-state index in [9.17, 15) is 10.1 Å². The van der Waals surface area contributed by atoms with Crippen LogP contribution in [0.25, 0.3) is 10.8 Å². The number of hydrogen-bond donors (Lipinski definition) is 0. The Morgan fingerprint density at radius 3 is 2.45 bits per heavy atom. The van der Waals surface area contributed by atoms with E-state index in [0.29, 0.717) is 11.9 Å². The van der Waals surface area contributed by atoms with Crippen molar-refractivity contribution in [3.63, 3.8) is 0 Å². The molecule has 2 aromatic carbocycles. The average molecular weight is 289 g/mol. The van der Waals surface area contributed by atoms with Crippen molar-refractivity contribution in [3.8, 4) is 0 Å². The van der Waals surface area contributed by atoms with Crippen LogP contribution in [0, 0.1) is 10.1 Å². The number of aromatic nitrogens is 1. The fourth-order valence-corrected chi connectivity index (χ4v) is 2.25. The lowest BCUT2D eigenvalue weighted by Crippen LogP contribution is -1.95.